The van der Waals surface area contributed by atoms with E-state index in [9.17, 15) is 4.79 Å². The number of hydrogen-bond acceptors (Lipinski definition) is 4. The third-order valence-corrected chi connectivity index (χ3v) is 2.62. The van der Waals surface area contributed by atoms with Crippen molar-refractivity contribution in [1.29, 1.82) is 0 Å². The molecule has 0 rings (SSSR count). The third kappa shape index (κ3) is 8.12. The molecule has 1 atom stereocenters. The van der Waals surface area contributed by atoms with Gasteiger partial charge in [0.1, 0.15) is 0 Å². The van der Waals surface area contributed by atoms with Gasteiger partial charge in [0, 0.05) is 26.7 Å². The summed E-state index contributed by atoms with van der Waals surface area (Å²) in [5, 5.41) is 2.64. The zero-order valence-corrected chi connectivity index (χ0v) is 11.4. The van der Waals surface area contributed by atoms with Crippen molar-refractivity contribution in [2.45, 2.75) is 32.8 Å². The minimum atomic E-state index is 0.0548. The van der Waals surface area contributed by atoms with Crippen LogP contribution in [-0.2, 0) is 9.53 Å². The maximum absolute atomic E-state index is 11.3. The van der Waals surface area contributed by atoms with Crippen molar-refractivity contribution in [2.24, 2.45) is 5.73 Å². The van der Waals surface area contributed by atoms with Gasteiger partial charge in [-0.15, -0.1) is 0 Å². The standard InChI is InChI=1S/C12H27N3O2/c1-4-7-15(10-12(16)14-3)8-6-11(9-13)17-5-2/h11H,4-10,13H2,1-3H3,(H,14,16). The Morgan fingerprint density at radius 1 is 1.41 bits per heavy atom. The molecule has 0 saturated carbocycles. The molecule has 5 heteroatoms. The number of nitrogens with one attached hydrogen (secondary N) is 1. The van der Waals surface area contributed by atoms with E-state index in [2.05, 4.69) is 17.1 Å². The Balaban J connectivity index is 4.01. The second-order valence-corrected chi connectivity index (χ2v) is 4.05. The van der Waals surface area contributed by atoms with Gasteiger partial charge in [0.05, 0.1) is 12.6 Å². The zero-order chi connectivity index (χ0) is 13.1. The van der Waals surface area contributed by atoms with Crippen molar-refractivity contribution in [1.82, 2.24) is 10.2 Å². The molecule has 0 spiro atoms. The highest BCUT2D eigenvalue weighted by Crippen LogP contribution is 2.01. The molecule has 1 unspecified atom stereocenters. The second kappa shape index (κ2) is 10.5. The summed E-state index contributed by atoms with van der Waals surface area (Å²) in [6.07, 6.45) is 2.02. The summed E-state index contributed by atoms with van der Waals surface area (Å²) < 4.78 is 5.50. The Morgan fingerprint density at radius 2 is 2.12 bits per heavy atom. The van der Waals surface area contributed by atoms with E-state index in [1.807, 2.05) is 6.92 Å². The lowest BCUT2D eigenvalue weighted by atomic mass is 10.2. The fourth-order valence-corrected chi connectivity index (χ4v) is 1.70. The van der Waals surface area contributed by atoms with Gasteiger partial charge in [-0.25, -0.2) is 0 Å². The first-order valence-corrected chi connectivity index (χ1v) is 6.42. The van der Waals surface area contributed by atoms with Gasteiger partial charge in [-0.2, -0.15) is 0 Å². The number of rotatable bonds is 10. The highest BCUT2D eigenvalue weighted by Gasteiger charge is 2.12. The molecule has 0 aliphatic rings. The predicted molar refractivity (Wildman–Crippen MR) is 69.9 cm³/mol. The largest absolute Gasteiger partial charge is 0.377 e. The van der Waals surface area contributed by atoms with Crippen LogP contribution in [0.2, 0.25) is 0 Å². The van der Waals surface area contributed by atoms with Crippen LogP contribution in [0.1, 0.15) is 26.7 Å². The van der Waals surface area contributed by atoms with Crippen LogP contribution in [-0.4, -0.2) is 56.7 Å². The molecule has 0 aliphatic heterocycles. The Morgan fingerprint density at radius 3 is 2.59 bits per heavy atom. The molecule has 0 heterocycles. The first kappa shape index (κ1) is 16.4. The highest BCUT2D eigenvalue weighted by atomic mass is 16.5. The van der Waals surface area contributed by atoms with E-state index < -0.39 is 0 Å². The summed E-state index contributed by atoms with van der Waals surface area (Å²) >= 11 is 0. The van der Waals surface area contributed by atoms with Crippen LogP contribution in [0.5, 0.6) is 0 Å². The smallest absolute Gasteiger partial charge is 0.233 e. The average Bonchev–Trinajstić information content (AvgIpc) is 2.34. The molecule has 0 bridgehead atoms. The van der Waals surface area contributed by atoms with Crippen molar-refractivity contribution in [2.75, 3.05) is 39.8 Å². The van der Waals surface area contributed by atoms with E-state index in [1.165, 1.54) is 0 Å². The number of carbonyl (C=O) groups excluding carboxylic acids is 1. The van der Waals surface area contributed by atoms with E-state index in [1.54, 1.807) is 7.05 Å². The van der Waals surface area contributed by atoms with Crippen LogP contribution >= 0.6 is 0 Å². The van der Waals surface area contributed by atoms with Crippen molar-refractivity contribution in [3.05, 3.63) is 0 Å². The topological polar surface area (TPSA) is 67.6 Å². The van der Waals surface area contributed by atoms with Gasteiger partial charge < -0.3 is 15.8 Å². The monoisotopic (exact) mass is 245 g/mol. The van der Waals surface area contributed by atoms with Crippen molar-refractivity contribution < 1.29 is 9.53 Å². The average molecular weight is 245 g/mol. The maximum Gasteiger partial charge on any atom is 0.233 e. The van der Waals surface area contributed by atoms with E-state index >= 15 is 0 Å². The van der Waals surface area contributed by atoms with Crippen molar-refractivity contribution in [3.8, 4) is 0 Å². The van der Waals surface area contributed by atoms with Gasteiger partial charge in [-0.1, -0.05) is 6.92 Å². The van der Waals surface area contributed by atoms with Crippen molar-refractivity contribution in [3.63, 3.8) is 0 Å². The molecular formula is C12H27N3O2. The molecular weight excluding hydrogens is 218 g/mol. The molecule has 1 amide bonds. The van der Waals surface area contributed by atoms with Crippen LogP contribution in [0.3, 0.4) is 0 Å². The number of amides is 1. The predicted octanol–water partition coefficient (Wildman–Crippen LogP) is 0.198. The molecule has 3 N–H and O–H groups in total. The molecule has 0 aromatic rings. The Kier molecular flexibility index (Phi) is 10.1. The molecule has 5 nitrogen and oxygen atoms in total. The van der Waals surface area contributed by atoms with E-state index in [0.29, 0.717) is 19.7 Å². The molecule has 0 radical (unpaired) electrons. The normalized spacial score (nSPS) is 12.8. The number of likely N-dealkylation sites (N-methyl/N-ethyl adjacent to an activating group) is 1. The molecule has 0 fully saturated rings. The fourth-order valence-electron chi connectivity index (χ4n) is 1.70. The summed E-state index contributed by atoms with van der Waals surface area (Å²) in [5.41, 5.74) is 5.62. The SMILES string of the molecule is CCCN(CCC(CN)OCC)CC(=O)NC. The third-order valence-electron chi connectivity index (χ3n) is 2.62. The van der Waals surface area contributed by atoms with E-state index in [4.69, 9.17) is 10.5 Å². The molecule has 0 aromatic heterocycles. The van der Waals surface area contributed by atoms with E-state index in [0.717, 1.165) is 25.9 Å². The Bertz CT molecular complexity index is 200. The first-order valence-electron chi connectivity index (χ1n) is 6.42. The summed E-state index contributed by atoms with van der Waals surface area (Å²) in [6, 6.07) is 0. The van der Waals surface area contributed by atoms with Crippen LogP contribution < -0.4 is 11.1 Å². The lowest BCUT2D eigenvalue weighted by Crippen LogP contribution is -2.38. The summed E-state index contributed by atoms with van der Waals surface area (Å²) in [6.45, 7) is 7.53. The Hall–Kier alpha value is -0.650. The summed E-state index contributed by atoms with van der Waals surface area (Å²) in [4.78, 5) is 13.5. The van der Waals surface area contributed by atoms with Gasteiger partial charge in [-0.05, 0) is 26.3 Å². The van der Waals surface area contributed by atoms with Crippen LogP contribution in [0, 0.1) is 0 Å². The minimum absolute atomic E-state index is 0.0548. The maximum atomic E-state index is 11.3. The Labute approximate surface area is 105 Å². The second-order valence-electron chi connectivity index (χ2n) is 4.05. The lowest BCUT2D eigenvalue weighted by molar-refractivity contribution is -0.121. The van der Waals surface area contributed by atoms with Gasteiger partial charge in [-0.3, -0.25) is 9.69 Å². The van der Waals surface area contributed by atoms with Gasteiger partial charge in [0.2, 0.25) is 5.91 Å². The number of carbonyl (C=O) groups is 1. The number of ether oxygens (including phenoxy) is 1. The minimum Gasteiger partial charge on any atom is -0.377 e. The highest BCUT2D eigenvalue weighted by molar-refractivity contribution is 5.77. The number of hydrogen-bond donors (Lipinski definition) is 2. The van der Waals surface area contributed by atoms with Crippen molar-refractivity contribution >= 4 is 5.91 Å². The van der Waals surface area contributed by atoms with Crippen LogP contribution in [0.4, 0.5) is 0 Å². The molecule has 0 saturated heterocycles. The van der Waals surface area contributed by atoms with Gasteiger partial charge in [0.15, 0.2) is 0 Å². The zero-order valence-electron chi connectivity index (χ0n) is 11.4. The van der Waals surface area contributed by atoms with Crippen LogP contribution in [0.25, 0.3) is 0 Å². The molecule has 17 heavy (non-hydrogen) atoms. The fraction of sp³-hybridized carbons (Fsp3) is 0.917. The molecule has 0 aliphatic carbocycles. The van der Waals surface area contributed by atoms with Gasteiger partial charge in [0.25, 0.3) is 0 Å². The summed E-state index contributed by atoms with van der Waals surface area (Å²) in [7, 11) is 1.66. The summed E-state index contributed by atoms with van der Waals surface area (Å²) in [5.74, 6) is 0.0548. The van der Waals surface area contributed by atoms with E-state index in [-0.39, 0.29) is 12.0 Å². The lowest BCUT2D eigenvalue weighted by Gasteiger charge is -2.23. The molecule has 102 valence electrons. The number of nitrogens with two attached hydrogens (primary N) is 1. The number of nitrogens with zero attached hydrogens (tertiary/aromatic N) is 1. The first-order chi connectivity index (χ1) is 8.17. The molecule has 0 aromatic carbocycles. The quantitative estimate of drug-likeness (QED) is 0.577. The van der Waals surface area contributed by atoms with Gasteiger partial charge >= 0.3 is 0 Å². The van der Waals surface area contributed by atoms with Crippen LogP contribution in [0.15, 0.2) is 0 Å².